The van der Waals surface area contributed by atoms with Crippen LogP contribution >= 0.6 is 27.7 Å². The zero-order valence-corrected chi connectivity index (χ0v) is 10.9. The lowest BCUT2D eigenvalue weighted by Crippen LogP contribution is -2.02. The van der Waals surface area contributed by atoms with E-state index in [9.17, 15) is 4.79 Å². The Bertz CT molecular complexity index is 573. The van der Waals surface area contributed by atoms with Crippen molar-refractivity contribution in [1.82, 2.24) is 25.2 Å². The van der Waals surface area contributed by atoms with E-state index in [0.29, 0.717) is 14.7 Å². The van der Waals surface area contributed by atoms with Crippen molar-refractivity contribution >= 4 is 33.7 Å². The Morgan fingerprint density at radius 2 is 2.35 bits per heavy atom. The Kier molecular flexibility index (Phi) is 3.38. The number of pyridine rings is 1. The molecule has 2 rings (SSSR count). The maximum Gasteiger partial charge on any atom is 0.338 e. The average molecular weight is 316 g/mol. The Labute approximate surface area is 108 Å². The number of carbonyl (C=O) groups is 1. The van der Waals surface area contributed by atoms with Crippen molar-refractivity contribution in [2.45, 2.75) is 10.2 Å². The minimum Gasteiger partial charge on any atom is -0.478 e. The van der Waals surface area contributed by atoms with E-state index in [1.165, 1.54) is 16.9 Å². The van der Waals surface area contributed by atoms with Gasteiger partial charge in [0, 0.05) is 17.7 Å². The van der Waals surface area contributed by atoms with Crippen molar-refractivity contribution in [3.8, 4) is 0 Å². The van der Waals surface area contributed by atoms with Crippen molar-refractivity contribution in [3.63, 3.8) is 0 Å². The number of aryl methyl sites for hydroxylation is 1. The molecule has 2 aromatic rings. The summed E-state index contributed by atoms with van der Waals surface area (Å²) in [6, 6.07) is 1.49. The van der Waals surface area contributed by atoms with Crippen molar-refractivity contribution in [1.29, 1.82) is 0 Å². The van der Waals surface area contributed by atoms with E-state index in [-0.39, 0.29) is 5.56 Å². The first-order valence-electron chi connectivity index (χ1n) is 4.37. The number of rotatable bonds is 3. The summed E-state index contributed by atoms with van der Waals surface area (Å²) in [7, 11) is 1.67. The lowest BCUT2D eigenvalue weighted by atomic mass is 10.3. The van der Waals surface area contributed by atoms with Gasteiger partial charge in [0.05, 0.1) is 5.56 Å². The first kappa shape index (κ1) is 12.0. The van der Waals surface area contributed by atoms with Crippen LogP contribution in [0.15, 0.2) is 26.9 Å². The predicted octanol–water partition coefficient (Wildman–Crippen LogP) is 1.22. The number of carboxylic acid groups (broad SMARTS) is 1. The highest BCUT2D eigenvalue weighted by Gasteiger charge is 2.15. The zero-order valence-electron chi connectivity index (χ0n) is 8.53. The molecule has 0 amide bonds. The highest BCUT2D eigenvalue weighted by molar-refractivity contribution is 9.10. The SMILES string of the molecule is Cn1nnnc1Sc1ncc(Br)cc1C(=O)O. The fourth-order valence-corrected chi connectivity index (χ4v) is 2.17. The Morgan fingerprint density at radius 1 is 1.59 bits per heavy atom. The van der Waals surface area contributed by atoms with E-state index < -0.39 is 5.97 Å². The second-order valence-corrected chi connectivity index (χ2v) is 4.87. The number of aromatic nitrogens is 5. The van der Waals surface area contributed by atoms with Crippen molar-refractivity contribution in [2.75, 3.05) is 0 Å². The van der Waals surface area contributed by atoms with E-state index in [1.807, 2.05) is 0 Å². The number of halogens is 1. The van der Waals surface area contributed by atoms with Crippen molar-refractivity contribution in [3.05, 3.63) is 22.3 Å². The average Bonchev–Trinajstić information content (AvgIpc) is 2.67. The molecule has 0 aliphatic heterocycles. The minimum atomic E-state index is -1.04. The molecule has 0 atom stereocenters. The van der Waals surface area contributed by atoms with Gasteiger partial charge in [-0.3, -0.25) is 0 Å². The van der Waals surface area contributed by atoms with E-state index >= 15 is 0 Å². The van der Waals surface area contributed by atoms with Crippen LogP contribution < -0.4 is 0 Å². The van der Waals surface area contributed by atoms with Gasteiger partial charge in [0.1, 0.15) is 5.03 Å². The van der Waals surface area contributed by atoms with Gasteiger partial charge in [0.25, 0.3) is 0 Å². The van der Waals surface area contributed by atoms with E-state index in [2.05, 4.69) is 36.4 Å². The topological polar surface area (TPSA) is 93.8 Å². The highest BCUT2D eigenvalue weighted by atomic mass is 79.9. The van der Waals surface area contributed by atoms with Crippen LogP contribution in [0.2, 0.25) is 0 Å². The monoisotopic (exact) mass is 315 g/mol. The van der Waals surface area contributed by atoms with E-state index in [0.717, 1.165) is 11.8 Å². The van der Waals surface area contributed by atoms with Gasteiger partial charge in [0.2, 0.25) is 5.16 Å². The predicted molar refractivity (Wildman–Crippen MR) is 61.8 cm³/mol. The normalized spacial score (nSPS) is 10.5. The number of hydrogen-bond donors (Lipinski definition) is 1. The summed E-state index contributed by atoms with van der Waals surface area (Å²) in [5.41, 5.74) is 0.104. The lowest BCUT2D eigenvalue weighted by molar-refractivity contribution is 0.0692. The van der Waals surface area contributed by atoms with Crippen LogP contribution in [0.4, 0.5) is 0 Å². The molecule has 0 spiro atoms. The summed E-state index contributed by atoms with van der Waals surface area (Å²) in [4.78, 5) is 15.1. The van der Waals surface area contributed by atoms with Gasteiger partial charge in [-0.25, -0.2) is 14.5 Å². The molecule has 0 bridgehead atoms. The smallest absolute Gasteiger partial charge is 0.338 e. The number of carboxylic acids is 1. The molecule has 2 heterocycles. The van der Waals surface area contributed by atoms with Crippen LogP contribution in [0.1, 0.15) is 10.4 Å². The number of nitrogens with zero attached hydrogens (tertiary/aromatic N) is 5. The summed E-state index contributed by atoms with van der Waals surface area (Å²) in [6.45, 7) is 0. The van der Waals surface area contributed by atoms with Gasteiger partial charge < -0.3 is 5.11 Å². The van der Waals surface area contributed by atoms with Crippen LogP contribution in [0.25, 0.3) is 0 Å². The molecule has 0 saturated carbocycles. The van der Waals surface area contributed by atoms with E-state index in [1.54, 1.807) is 7.05 Å². The van der Waals surface area contributed by atoms with Crippen molar-refractivity contribution in [2.24, 2.45) is 7.05 Å². The number of tetrazole rings is 1. The maximum atomic E-state index is 11.1. The zero-order chi connectivity index (χ0) is 12.4. The number of hydrogen-bond acceptors (Lipinski definition) is 6. The van der Waals surface area contributed by atoms with Crippen LogP contribution in [-0.4, -0.2) is 36.3 Å². The van der Waals surface area contributed by atoms with Crippen LogP contribution in [0.3, 0.4) is 0 Å². The van der Waals surface area contributed by atoms with Gasteiger partial charge in [-0.15, -0.1) is 5.10 Å². The first-order valence-corrected chi connectivity index (χ1v) is 5.98. The highest BCUT2D eigenvalue weighted by Crippen LogP contribution is 2.27. The molecule has 0 fully saturated rings. The van der Waals surface area contributed by atoms with Gasteiger partial charge in [0.15, 0.2) is 0 Å². The first-order chi connectivity index (χ1) is 8.08. The van der Waals surface area contributed by atoms with Crippen molar-refractivity contribution < 1.29 is 9.90 Å². The Hall–Kier alpha value is -1.48. The van der Waals surface area contributed by atoms with Gasteiger partial charge in [-0.05, 0) is 44.2 Å². The largest absolute Gasteiger partial charge is 0.478 e. The molecular formula is C8H6BrN5O2S. The molecular weight excluding hydrogens is 310 g/mol. The quantitative estimate of drug-likeness (QED) is 0.909. The van der Waals surface area contributed by atoms with E-state index in [4.69, 9.17) is 5.11 Å². The molecule has 0 aliphatic rings. The molecule has 2 aromatic heterocycles. The molecule has 0 aliphatic carbocycles. The molecule has 9 heteroatoms. The lowest BCUT2D eigenvalue weighted by Gasteiger charge is -2.03. The fourth-order valence-electron chi connectivity index (χ4n) is 1.06. The fraction of sp³-hybridized carbons (Fsp3) is 0.125. The molecule has 0 radical (unpaired) electrons. The Morgan fingerprint density at radius 3 is 2.94 bits per heavy atom. The van der Waals surface area contributed by atoms with Crippen LogP contribution in [-0.2, 0) is 7.05 Å². The second kappa shape index (κ2) is 4.80. The maximum absolute atomic E-state index is 11.1. The molecule has 7 nitrogen and oxygen atoms in total. The summed E-state index contributed by atoms with van der Waals surface area (Å²) in [5.74, 6) is -1.04. The van der Waals surface area contributed by atoms with Crippen LogP contribution in [0, 0.1) is 0 Å². The summed E-state index contributed by atoms with van der Waals surface area (Å²) < 4.78 is 2.05. The van der Waals surface area contributed by atoms with Gasteiger partial charge in [-0.1, -0.05) is 0 Å². The molecule has 17 heavy (non-hydrogen) atoms. The standard InChI is InChI=1S/C8H6BrN5O2S/c1-14-8(11-12-13-14)17-6-5(7(15)16)2-4(9)3-10-6/h2-3H,1H3,(H,15,16). The number of aromatic carboxylic acids is 1. The Balaban J connectivity index is 2.39. The van der Waals surface area contributed by atoms with Crippen LogP contribution in [0.5, 0.6) is 0 Å². The van der Waals surface area contributed by atoms with Gasteiger partial charge in [-0.2, -0.15) is 0 Å². The molecule has 0 saturated heterocycles. The molecule has 0 unspecified atom stereocenters. The second-order valence-electron chi connectivity index (χ2n) is 3.00. The summed E-state index contributed by atoms with van der Waals surface area (Å²) in [5, 5.41) is 20.8. The third kappa shape index (κ3) is 2.61. The molecule has 1 N–H and O–H groups in total. The van der Waals surface area contributed by atoms with Gasteiger partial charge >= 0.3 is 5.97 Å². The summed E-state index contributed by atoms with van der Waals surface area (Å²) in [6.07, 6.45) is 1.53. The summed E-state index contributed by atoms with van der Waals surface area (Å²) >= 11 is 4.27. The third-order valence-electron chi connectivity index (χ3n) is 1.82. The molecule has 0 aromatic carbocycles. The molecule has 88 valence electrons. The third-order valence-corrected chi connectivity index (χ3v) is 3.30. The minimum absolute atomic E-state index is 0.104.